The molecule has 2 fully saturated rings. The van der Waals surface area contributed by atoms with E-state index < -0.39 is 10.0 Å². The molecule has 2 heterocycles. The maximum atomic E-state index is 12.8. The first-order valence-corrected chi connectivity index (χ1v) is 9.63. The topological polar surface area (TPSA) is 55.8 Å². The number of hydrogen-bond donors (Lipinski definition) is 0. The highest BCUT2D eigenvalue weighted by molar-refractivity contribution is 7.89. The van der Waals surface area contributed by atoms with Crippen LogP contribution in [0.3, 0.4) is 0 Å². The Balaban J connectivity index is 1.72. The fraction of sp³-hybridized carbons (Fsp3) is 0.647. The lowest BCUT2D eigenvalue weighted by atomic mass is 9.86. The zero-order valence-corrected chi connectivity index (χ0v) is 14.9. The highest BCUT2D eigenvalue weighted by atomic mass is 32.2. The Morgan fingerprint density at radius 1 is 1.26 bits per heavy atom. The number of sulfonamides is 1. The first kappa shape index (κ1) is 16.9. The van der Waals surface area contributed by atoms with Gasteiger partial charge in [0.25, 0.3) is 0 Å². The van der Waals surface area contributed by atoms with Gasteiger partial charge in [-0.2, -0.15) is 4.31 Å². The van der Waals surface area contributed by atoms with Crippen molar-refractivity contribution in [3.8, 4) is 0 Å². The van der Waals surface area contributed by atoms with Crippen LogP contribution in [0, 0.1) is 13.8 Å². The molecular weight excluding hydrogens is 314 g/mol. The van der Waals surface area contributed by atoms with Gasteiger partial charge < -0.3 is 9.47 Å². The predicted octanol–water partition coefficient (Wildman–Crippen LogP) is 2.26. The molecule has 23 heavy (non-hydrogen) atoms. The molecule has 6 heteroatoms. The van der Waals surface area contributed by atoms with Gasteiger partial charge in [-0.25, -0.2) is 8.42 Å². The minimum absolute atomic E-state index is 0.180. The molecule has 0 N–H and O–H groups in total. The minimum atomic E-state index is -3.44. The third-order valence-electron chi connectivity index (χ3n) is 4.61. The number of ether oxygens (including phenoxy) is 2. The van der Waals surface area contributed by atoms with E-state index in [-0.39, 0.29) is 11.7 Å². The summed E-state index contributed by atoms with van der Waals surface area (Å²) >= 11 is 0. The van der Waals surface area contributed by atoms with Crippen molar-refractivity contribution in [3.63, 3.8) is 0 Å². The maximum absolute atomic E-state index is 12.8. The van der Waals surface area contributed by atoms with Crippen molar-refractivity contribution in [3.05, 3.63) is 29.3 Å². The fourth-order valence-corrected chi connectivity index (χ4v) is 5.36. The lowest BCUT2D eigenvalue weighted by molar-refractivity contribution is -0.177. The molecule has 3 rings (SSSR count). The summed E-state index contributed by atoms with van der Waals surface area (Å²) < 4.78 is 38.7. The summed E-state index contributed by atoms with van der Waals surface area (Å²) in [5, 5.41) is 0. The molecule has 0 amide bonds. The van der Waals surface area contributed by atoms with Crippen LogP contribution in [-0.2, 0) is 19.5 Å². The number of rotatable bonds is 4. The van der Waals surface area contributed by atoms with Crippen LogP contribution < -0.4 is 0 Å². The van der Waals surface area contributed by atoms with E-state index in [1.54, 1.807) is 12.1 Å². The van der Waals surface area contributed by atoms with Crippen molar-refractivity contribution in [2.45, 2.75) is 50.2 Å². The average Bonchev–Trinajstić information content (AvgIpc) is 2.44. The normalized spacial score (nSPS) is 24.6. The molecule has 0 bridgehead atoms. The van der Waals surface area contributed by atoms with E-state index in [9.17, 15) is 8.42 Å². The number of nitrogens with zero attached hydrogens (tertiary/aromatic N) is 1. The SMILES string of the molecule is CCO[C@@H]1CCOC2(C1)CN(S(=O)(=O)c1cc(C)cc(C)c1)C2. The Morgan fingerprint density at radius 3 is 2.52 bits per heavy atom. The highest BCUT2D eigenvalue weighted by Crippen LogP contribution is 2.38. The Labute approximate surface area is 138 Å². The van der Waals surface area contributed by atoms with Crippen molar-refractivity contribution >= 4 is 10.0 Å². The number of hydrogen-bond acceptors (Lipinski definition) is 4. The van der Waals surface area contributed by atoms with Crippen LogP contribution in [0.4, 0.5) is 0 Å². The molecule has 2 aliphatic rings. The smallest absolute Gasteiger partial charge is 0.243 e. The van der Waals surface area contributed by atoms with Gasteiger partial charge in [-0.15, -0.1) is 0 Å². The molecule has 1 aromatic carbocycles. The van der Waals surface area contributed by atoms with E-state index in [2.05, 4.69) is 0 Å². The van der Waals surface area contributed by atoms with E-state index >= 15 is 0 Å². The summed E-state index contributed by atoms with van der Waals surface area (Å²) in [6, 6.07) is 5.45. The lowest BCUT2D eigenvalue weighted by Gasteiger charge is -2.52. The van der Waals surface area contributed by atoms with Crippen LogP contribution in [0.15, 0.2) is 23.1 Å². The van der Waals surface area contributed by atoms with Gasteiger partial charge in [0.15, 0.2) is 0 Å². The van der Waals surface area contributed by atoms with Crippen molar-refractivity contribution in [1.29, 1.82) is 0 Å². The van der Waals surface area contributed by atoms with Crippen LogP contribution in [0.1, 0.15) is 30.9 Å². The predicted molar refractivity (Wildman–Crippen MR) is 88.0 cm³/mol. The zero-order chi connectivity index (χ0) is 16.7. The standard InChI is InChI=1S/C17H25NO4S/c1-4-21-15-5-6-22-17(10-15)11-18(12-17)23(19,20)16-8-13(2)7-14(3)9-16/h7-9,15H,4-6,10-12H2,1-3H3/t15-/m1/s1. The summed E-state index contributed by atoms with van der Waals surface area (Å²) in [6.07, 6.45) is 1.85. The molecule has 0 radical (unpaired) electrons. The maximum Gasteiger partial charge on any atom is 0.243 e. The quantitative estimate of drug-likeness (QED) is 0.844. The minimum Gasteiger partial charge on any atom is -0.378 e. The van der Waals surface area contributed by atoms with Gasteiger partial charge >= 0.3 is 0 Å². The average molecular weight is 339 g/mol. The fourth-order valence-electron chi connectivity index (χ4n) is 3.58. The van der Waals surface area contributed by atoms with Crippen LogP contribution in [-0.4, -0.2) is 50.7 Å². The summed E-state index contributed by atoms with van der Waals surface area (Å²) in [5.41, 5.74) is 1.57. The Hall–Kier alpha value is -0.950. The van der Waals surface area contributed by atoms with Gasteiger partial charge in [-0.3, -0.25) is 0 Å². The zero-order valence-electron chi connectivity index (χ0n) is 14.0. The third-order valence-corrected chi connectivity index (χ3v) is 6.38. The van der Waals surface area contributed by atoms with E-state index in [4.69, 9.17) is 9.47 Å². The van der Waals surface area contributed by atoms with Gasteiger partial charge in [-0.1, -0.05) is 6.07 Å². The first-order chi connectivity index (χ1) is 10.8. The van der Waals surface area contributed by atoms with E-state index in [0.717, 1.165) is 24.0 Å². The van der Waals surface area contributed by atoms with E-state index in [1.807, 2.05) is 26.8 Å². The molecule has 5 nitrogen and oxygen atoms in total. The van der Waals surface area contributed by atoms with Gasteiger partial charge in [0.2, 0.25) is 10.0 Å². The second kappa shape index (κ2) is 6.16. The van der Waals surface area contributed by atoms with Gasteiger partial charge in [-0.05, 0) is 50.5 Å². The van der Waals surface area contributed by atoms with Crippen LogP contribution in [0.2, 0.25) is 0 Å². The number of aryl methyl sites for hydroxylation is 2. The van der Waals surface area contributed by atoms with Gasteiger partial charge in [0.05, 0.1) is 16.6 Å². The molecule has 128 valence electrons. The van der Waals surface area contributed by atoms with E-state index in [1.165, 1.54) is 4.31 Å². The van der Waals surface area contributed by atoms with Gasteiger partial charge in [0.1, 0.15) is 0 Å². The summed E-state index contributed by atoms with van der Waals surface area (Å²) in [5.74, 6) is 0. The highest BCUT2D eigenvalue weighted by Gasteiger charge is 2.52. The molecule has 1 spiro atoms. The second-order valence-electron chi connectivity index (χ2n) is 6.70. The van der Waals surface area contributed by atoms with Crippen molar-refractivity contribution < 1.29 is 17.9 Å². The molecule has 2 saturated heterocycles. The summed E-state index contributed by atoms with van der Waals surface area (Å²) in [6.45, 7) is 7.99. The second-order valence-corrected chi connectivity index (χ2v) is 8.64. The Bertz CT molecular complexity index is 658. The van der Waals surface area contributed by atoms with E-state index in [0.29, 0.717) is 31.2 Å². The Morgan fingerprint density at radius 2 is 1.91 bits per heavy atom. The Kier molecular flexibility index (Phi) is 4.53. The molecular formula is C17H25NO4S. The monoisotopic (exact) mass is 339 g/mol. The molecule has 2 aliphatic heterocycles. The van der Waals surface area contributed by atoms with Crippen molar-refractivity contribution in [1.82, 2.24) is 4.31 Å². The summed E-state index contributed by atoms with van der Waals surface area (Å²) in [4.78, 5) is 0.377. The largest absolute Gasteiger partial charge is 0.378 e. The first-order valence-electron chi connectivity index (χ1n) is 8.19. The van der Waals surface area contributed by atoms with Gasteiger partial charge in [0, 0.05) is 32.7 Å². The molecule has 0 saturated carbocycles. The third kappa shape index (κ3) is 3.31. The van der Waals surface area contributed by atoms with Crippen molar-refractivity contribution in [2.24, 2.45) is 0 Å². The van der Waals surface area contributed by atoms with Crippen LogP contribution >= 0.6 is 0 Å². The molecule has 1 aromatic rings. The summed E-state index contributed by atoms with van der Waals surface area (Å²) in [7, 11) is -3.44. The number of benzene rings is 1. The van der Waals surface area contributed by atoms with Crippen LogP contribution in [0.25, 0.3) is 0 Å². The molecule has 0 aliphatic carbocycles. The molecule has 0 aromatic heterocycles. The van der Waals surface area contributed by atoms with Crippen molar-refractivity contribution in [2.75, 3.05) is 26.3 Å². The molecule has 1 atom stereocenters. The molecule has 0 unspecified atom stereocenters. The lowest BCUT2D eigenvalue weighted by Crippen LogP contribution is -2.67. The van der Waals surface area contributed by atoms with Crippen LogP contribution in [0.5, 0.6) is 0 Å².